The first kappa shape index (κ1) is 24.5. The Labute approximate surface area is 210 Å². The average Bonchev–Trinajstić information content (AvgIpc) is 3.10. The summed E-state index contributed by atoms with van der Waals surface area (Å²) in [4.78, 5) is 31.0. The topological polar surface area (TPSA) is 88.9 Å². The molecule has 0 bridgehead atoms. The number of nitrogens with zero attached hydrogens (tertiary/aromatic N) is 3. The lowest BCUT2D eigenvalue weighted by molar-refractivity contribution is -0.126. The molecule has 0 aliphatic carbocycles. The number of anilines is 1. The number of hydrogen-bond donors (Lipinski definition) is 2. The monoisotopic (exact) mass is 537 g/mol. The first-order chi connectivity index (χ1) is 16.7. The first-order valence-corrected chi connectivity index (χ1v) is 11.8. The van der Waals surface area contributed by atoms with Crippen LogP contribution in [-0.2, 0) is 23.1 Å². The van der Waals surface area contributed by atoms with Gasteiger partial charge in [-0.3, -0.25) is 14.3 Å². The van der Waals surface area contributed by atoms with Crippen LogP contribution in [0.5, 0.6) is 0 Å². The summed E-state index contributed by atoms with van der Waals surface area (Å²) >= 11 is 3.20. The molecule has 0 spiro atoms. The van der Waals surface area contributed by atoms with Crippen molar-refractivity contribution in [3.8, 4) is 0 Å². The number of hydrogen-bond acceptors (Lipinski definition) is 4. The normalized spacial score (nSPS) is 11.9. The Hall–Kier alpha value is -3.59. The minimum absolute atomic E-state index is 0.0294. The lowest BCUT2D eigenvalue weighted by Gasteiger charge is -2.20. The molecule has 0 radical (unpaired) electrons. The van der Waals surface area contributed by atoms with Crippen LogP contribution in [0.2, 0.25) is 0 Å². The molecule has 2 aromatic heterocycles. The minimum atomic E-state index is -1.01. The van der Waals surface area contributed by atoms with Crippen molar-refractivity contribution in [3.05, 3.63) is 86.9 Å². The van der Waals surface area contributed by atoms with Gasteiger partial charge in [-0.1, -0.05) is 46.3 Å². The number of amides is 2. The van der Waals surface area contributed by atoms with Gasteiger partial charge in [0.05, 0.1) is 17.8 Å². The van der Waals surface area contributed by atoms with Crippen molar-refractivity contribution in [2.45, 2.75) is 33.2 Å². The van der Waals surface area contributed by atoms with E-state index < -0.39 is 17.8 Å². The van der Waals surface area contributed by atoms with Crippen LogP contribution >= 0.6 is 15.9 Å². The molecular formula is C26H25BrFN5O2. The summed E-state index contributed by atoms with van der Waals surface area (Å²) in [6.07, 6.45) is 0.0399. The molecule has 0 saturated heterocycles. The summed E-state index contributed by atoms with van der Waals surface area (Å²) in [6.45, 7) is 5.72. The van der Waals surface area contributed by atoms with Crippen LogP contribution in [0, 0.1) is 26.6 Å². The van der Waals surface area contributed by atoms with Gasteiger partial charge in [-0.05, 0) is 55.7 Å². The fraction of sp³-hybridized carbons (Fsp3) is 0.231. The highest BCUT2D eigenvalue weighted by Crippen LogP contribution is 2.26. The molecule has 0 saturated carbocycles. The second-order valence-electron chi connectivity index (χ2n) is 8.41. The Morgan fingerprint density at radius 3 is 2.49 bits per heavy atom. The van der Waals surface area contributed by atoms with Crippen molar-refractivity contribution < 1.29 is 14.0 Å². The number of aryl methyl sites for hydroxylation is 4. The standard InChI is InChI=1S/C26H25BrFN5O2/c1-14-19(15(2)29-25-23(14)16(3)32-33(25)4)13-22(34)31-24(17-8-6-5-7-9-17)26(35)30-21-11-10-18(27)12-20(21)28/h5-12,24H,13H2,1-4H3,(H,30,35)(H,31,34). The van der Waals surface area contributed by atoms with E-state index in [1.54, 1.807) is 35.0 Å². The van der Waals surface area contributed by atoms with Gasteiger partial charge in [0.15, 0.2) is 5.65 Å². The number of fused-ring (bicyclic) bond motifs is 1. The van der Waals surface area contributed by atoms with Crippen LogP contribution in [0.25, 0.3) is 11.0 Å². The van der Waals surface area contributed by atoms with Gasteiger partial charge in [-0.15, -0.1) is 0 Å². The Bertz CT molecular complexity index is 1440. The highest BCUT2D eigenvalue weighted by Gasteiger charge is 2.25. The summed E-state index contributed by atoms with van der Waals surface area (Å²) in [6, 6.07) is 12.2. The van der Waals surface area contributed by atoms with Crippen molar-refractivity contribution in [3.63, 3.8) is 0 Å². The summed E-state index contributed by atoms with van der Waals surface area (Å²) < 4.78 is 16.6. The number of rotatable bonds is 6. The average molecular weight is 538 g/mol. The molecule has 0 fully saturated rings. The molecule has 0 aliphatic heterocycles. The molecule has 0 aliphatic rings. The highest BCUT2D eigenvalue weighted by molar-refractivity contribution is 9.10. The summed E-state index contributed by atoms with van der Waals surface area (Å²) in [5.41, 5.74) is 4.67. The van der Waals surface area contributed by atoms with Gasteiger partial charge in [0.25, 0.3) is 5.91 Å². The zero-order valence-corrected chi connectivity index (χ0v) is 21.4. The maximum atomic E-state index is 14.3. The van der Waals surface area contributed by atoms with E-state index in [-0.39, 0.29) is 18.0 Å². The number of aromatic nitrogens is 3. The maximum absolute atomic E-state index is 14.3. The zero-order valence-electron chi connectivity index (χ0n) is 19.8. The van der Waals surface area contributed by atoms with Crippen LogP contribution < -0.4 is 10.6 Å². The van der Waals surface area contributed by atoms with E-state index in [1.165, 1.54) is 12.1 Å². The smallest absolute Gasteiger partial charge is 0.251 e. The molecule has 2 N–H and O–H groups in total. The van der Waals surface area contributed by atoms with E-state index in [1.807, 2.05) is 33.9 Å². The maximum Gasteiger partial charge on any atom is 0.251 e. The SMILES string of the molecule is Cc1nc2c(c(C)nn2C)c(C)c1CC(=O)NC(C(=O)Nc1ccc(Br)cc1F)c1ccccc1. The quantitative estimate of drug-likeness (QED) is 0.368. The van der Waals surface area contributed by atoms with Crippen molar-refractivity contribution in [2.75, 3.05) is 5.32 Å². The second-order valence-corrected chi connectivity index (χ2v) is 9.33. The number of halogens is 2. The third-order valence-corrected chi connectivity index (χ3v) is 6.45. The van der Waals surface area contributed by atoms with Gasteiger partial charge in [-0.25, -0.2) is 9.37 Å². The van der Waals surface area contributed by atoms with E-state index in [2.05, 4.69) is 36.6 Å². The predicted molar refractivity (Wildman–Crippen MR) is 136 cm³/mol. The number of nitrogens with one attached hydrogen (secondary N) is 2. The Morgan fingerprint density at radius 1 is 1.09 bits per heavy atom. The van der Waals surface area contributed by atoms with Gasteiger partial charge >= 0.3 is 0 Å². The summed E-state index contributed by atoms with van der Waals surface area (Å²) in [5.74, 6) is -1.47. The summed E-state index contributed by atoms with van der Waals surface area (Å²) in [7, 11) is 1.84. The van der Waals surface area contributed by atoms with E-state index >= 15 is 0 Å². The molecule has 4 aromatic rings. The number of carbonyl (C=O) groups excluding carboxylic acids is 2. The highest BCUT2D eigenvalue weighted by atomic mass is 79.9. The van der Waals surface area contributed by atoms with Crippen LogP contribution in [0.1, 0.15) is 34.1 Å². The zero-order chi connectivity index (χ0) is 25.3. The van der Waals surface area contributed by atoms with Gasteiger partial charge in [0, 0.05) is 22.6 Å². The lowest BCUT2D eigenvalue weighted by atomic mass is 9.99. The first-order valence-electron chi connectivity index (χ1n) is 11.0. The van der Waals surface area contributed by atoms with Gasteiger partial charge in [-0.2, -0.15) is 5.10 Å². The van der Waals surface area contributed by atoms with Crippen LogP contribution in [0.4, 0.5) is 10.1 Å². The second kappa shape index (κ2) is 9.95. The number of benzene rings is 2. The fourth-order valence-corrected chi connectivity index (χ4v) is 4.57. The van der Waals surface area contributed by atoms with Crippen molar-refractivity contribution in [1.82, 2.24) is 20.1 Å². The molecule has 9 heteroatoms. The lowest BCUT2D eigenvalue weighted by Crippen LogP contribution is -2.38. The van der Waals surface area contributed by atoms with E-state index in [0.717, 1.165) is 33.5 Å². The summed E-state index contributed by atoms with van der Waals surface area (Å²) in [5, 5.41) is 10.8. The number of pyridine rings is 1. The third-order valence-electron chi connectivity index (χ3n) is 5.96. The van der Waals surface area contributed by atoms with Gasteiger partial charge in [0.1, 0.15) is 11.9 Å². The molecule has 7 nitrogen and oxygen atoms in total. The molecule has 2 aromatic carbocycles. The number of carbonyl (C=O) groups is 2. The molecule has 1 atom stereocenters. The minimum Gasteiger partial charge on any atom is -0.340 e. The largest absolute Gasteiger partial charge is 0.340 e. The molecule has 180 valence electrons. The predicted octanol–water partition coefficient (Wildman–Crippen LogP) is 4.83. The molecule has 35 heavy (non-hydrogen) atoms. The van der Waals surface area contributed by atoms with Crippen molar-refractivity contribution in [2.24, 2.45) is 7.05 Å². The fourth-order valence-electron chi connectivity index (χ4n) is 4.24. The molecule has 1 unspecified atom stereocenters. The molecule has 4 rings (SSSR count). The third kappa shape index (κ3) is 5.09. The van der Waals surface area contributed by atoms with E-state index in [9.17, 15) is 14.0 Å². The van der Waals surface area contributed by atoms with Crippen LogP contribution in [0.15, 0.2) is 53.0 Å². The van der Waals surface area contributed by atoms with Crippen LogP contribution in [-0.4, -0.2) is 26.6 Å². The van der Waals surface area contributed by atoms with E-state index in [4.69, 9.17) is 0 Å². The van der Waals surface area contributed by atoms with Crippen LogP contribution in [0.3, 0.4) is 0 Å². The van der Waals surface area contributed by atoms with Gasteiger partial charge in [0.2, 0.25) is 5.91 Å². The van der Waals surface area contributed by atoms with Gasteiger partial charge < -0.3 is 10.6 Å². The molecule has 2 amide bonds. The van der Waals surface area contributed by atoms with E-state index in [0.29, 0.717) is 10.0 Å². The van der Waals surface area contributed by atoms with Crippen molar-refractivity contribution in [1.29, 1.82) is 0 Å². The Morgan fingerprint density at radius 2 is 1.80 bits per heavy atom. The molecular weight excluding hydrogens is 513 g/mol. The molecule has 2 heterocycles. The van der Waals surface area contributed by atoms with Crippen molar-refractivity contribution >= 4 is 44.5 Å². The Balaban J connectivity index is 1.61. The Kier molecular flexibility index (Phi) is 6.98.